The summed E-state index contributed by atoms with van der Waals surface area (Å²) < 4.78 is 0. The van der Waals surface area contributed by atoms with Gasteiger partial charge in [0.2, 0.25) is 0 Å². The van der Waals surface area contributed by atoms with Crippen molar-refractivity contribution in [2.75, 3.05) is 11.4 Å². The van der Waals surface area contributed by atoms with Crippen molar-refractivity contribution in [2.24, 2.45) is 11.3 Å². The second-order valence-corrected chi connectivity index (χ2v) is 9.32. The van der Waals surface area contributed by atoms with Gasteiger partial charge in [-0.25, -0.2) is 0 Å². The molecule has 2 aliphatic rings. The SMILES string of the molecule is CCCCCCN1C2=C(CCc3ccccc31)CC(/C=C/C=C/CC(C)(C#N)C(=O)O)C=C2. The Bertz CT molecular complexity index is 995. The third kappa shape index (κ3) is 6.26. The normalized spacial score (nSPS) is 19.8. The van der Waals surface area contributed by atoms with Gasteiger partial charge in [-0.2, -0.15) is 5.26 Å². The lowest BCUT2D eigenvalue weighted by Crippen LogP contribution is -2.25. The van der Waals surface area contributed by atoms with E-state index in [2.05, 4.69) is 54.3 Å². The second kappa shape index (κ2) is 11.7. The van der Waals surface area contributed by atoms with Crippen LogP contribution in [-0.4, -0.2) is 17.6 Å². The van der Waals surface area contributed by atoms with Crippen LogP contribution < -0.4 is 4.90 Å². The van der Waals surface area contributed by atoms with Crippen LogP contribution in [0.15, 0.2) is 72.0 Å². The molecule has 0 fully saturated rings. The topological polar surface area (TPSA) is 64.3 Å². The van der Waals surface area contributed by atoms with Gasteiger partial charge < -0.3 is 10.0 Å². The van der Waals surface area contributed by atoms with Gasteiger partial charge in [0.1, 0.15) is 0 Å². The third-order valence-corrected chi connectivity index (χ3v) is 6.70. The molecule has 1 aliphatic heterocycles. The molecular formula is C29H36N2O2. The molecule has 1 aromatic carbocycles. The number of hydrogen-bond acceptors (Lipinski definition) is 3. The first-order valence-electron chi connectivity index (χ1n) is 12.2. The van der Waals surface area contributed by atoms with Gasteiger partial charge in [-0.05, 0) is 68.2 Å². The highest BCUT2D eigenvalue weighted by Crippen LogP contribution is 2.38. The minimum atomic E-state index is -1.37. The number of anilines is 1. The number of rotatable bonds is 10. The van der Waals surface area contributed by atoms with E-state index >= 15 is 0 Å². The van der Waals surface area contributed by atoms with Crippen molar-refractivity contribution in [3.8, 4) is 6.07 Å². The van der Waals surface area contributed by atoms with Crippen LogP contribution in [0.3, 0.4) is 0 Å². The predicted molar refractivity (Wildman–Crippen MR) is 135 cm³/mol. The standard InChI is InChI=1S/C29H36N2O2/c1-3-4-5-11-20-31-26-14-9-8-13-24(26)16-17-25-21-23(15-18-27(25)31)12-7-6-10-19-29(2,22-30)28(32)33/h6-10,12-15,18,23H,3-5,11,16-17,19-21H2,1-2H3,(H,32,33)/b10-6+,12-7+. The monoisotopic (exact) mass is 444 g/mol. The summed E-state index contributed by atoms with van der Waals surface area (Å²) in [6.07, 6.45) is 20.8. The molecule has 0 spiro atoms. The van der Waals surface area contributed by atoms with E-state index in [9.17, 15) is 9.90 Å². The van der Waals surface area contributed by atoms with E-state index in [0.717, 1.165) is 25.8 Å². The number of carboxylic acid groups (broad SMARTS) is 1. The molecule has 1 aliphatic carbocycles. The number of para-hydroxylation sites is 1. The summed E-state index contributed by atoms with van der Waals surface area (Å²) in [4.78, 5) is 13.8. The fourth-order valence-electron chi connectivity index (χ4n) is 4.54. The average molecular weight is 445 g/mol. The molecule has 3 rings (SSSR count). The number of nitrogens with zero attached hydrogens (tertiary/aromatic N) is 2. The highest BCUT2D eigenvalue weighted by Gasteiger charge is 2.31. The lowest BCUT2D eigenvalue weighted by molar-refractivity contribution is -0.144. The Kier molecular flexibility index (Phi) is 8.72. The van der Waals surface area contributed by atoms with Crippen molar-refractivity contribution >= 4 is 11.7 Å². The third-order valence-electron chi connectivity index (χ3n) is 6.70. The molecule has 1 N–H and O–H groups in total. The Labute approximate surface area is 198 Å². The van der Waals surface area contributed by atoms with Crippen LogP contribution in [0.4, 0.5) is 5.69 Å². The quantitative estimate of drug-likeness (QED) is 0.313. The fraction of sp³-hybridized carbons (Fsp3) is 0.448. The zero-order valence-corrected chi connectivity index (χ0v) is 20.0. The molecule has 2 atom stereocenters. The first kappa shape index (κ1) is 24.6. The number of allylic oxidation sites excluding steroid dienone is 7. The smallest absolute Gasteiger partial charge is 0.324 e. The van der Waals surface area contributed by atoms with Gasteiger partial charge in [0, 0.05) is 17.9 Å². The molecule has 0 bridgehead atoms. The molecule has 4 heteroatoms. The molecule has 0 radical (unpaired) electrons. The van der Waals surface area contributed by atoms with E-state index in [-0.39, 0.29) is 6.42 Å². The first-order valence-corrected chi connectivity index (χ1v) is 12.2. The Morgan fingerprint density at radius 2 is 2.06 bits per heavy atom. The molecule has 0 aromatic heterocycles. The minimum absolute atomic E-state index is 0.199. The van der Waals surface area contributed by atoms with Crippen molar-refractivity contribution in [3.05, 3.63) is 77.6 Å². The highest BCUT2D eigenvalue weighted by molar-refractivity contribution is 5.77. The summed E-state index contributed by atoms with van der Waals surface area (Å²) in [6, 6.07) is 10.7. The van der Waals surface area contributed by atoms with Crippen molar-refractivity contribution < 1.29 is 9.90 Å². The van der Waals surface area contributed by atoms with E-state index in [1.165, 1.54) is 55.1 Å². The maximum Gasteiger partial charge on any atom is 0.324 e. The molecule has 4 nitrogen and oxygen atoms in total. The summed E-state index contributed by atoms with van der Waals surface area (Å²) >= 11 is 0. The molecule has 0 amide bonds. The Hall–Kier alpha value is -3.06. The van der Waals surface area contributed by atoms with Crippen molar-refractivity contribution in [1.82, 2.24) is 0 Å². The van der Waals surface area contributed by atoms with Crippen molar-refractivity contribution in [2.45, 2.75) is 65.2 Å². The summed E-state index contributed by atoms with van der Waals surface area (Å²) in [7, 11) is 0. The molecule has 1 heterocycles. The van der Waals surface area contributed by atoms with Gasteiger partial charge in [-0.1, -0.05) is 74.8 Å². The van der Waals surface area contributed by atoms with Crippen LogP contribution in [0.25, 0.3) is 0 Å². The van der Waals surface area contributed by atoms with E-state index in [1.807, 2.05) is 18.2 Å². The number of carboxylic acids is 1. The molecule has 2 unspecified atom stereocenters. The van der Waals surface area contributed by atoms with Crippen molar-refractivity contribution in [1.29, 1.82) is 5.26 Å². The summed E-state index contributed by atoms with van der Waals surface area (Å²) in [5, 5.41) is 18.3. The number of benzene rings is 1. The number of carbonyl (C=O) groups is 1. The number of fused-ring (bicyclic) bond motifs is 1. The van der Waals surface area contributed by atoms with Gasteiger partial charge in [0.25, 0.3) is 0 Å². The Morgan fingerprint density at radius 3 is 2.82 bits per heavy atom. The van der Waals surface area contributed by atoms with Gasteiger partial charge in [0.05, 0.1) is 6.07 Å². The number of aliphatic carboxylic acids is 1. The van der Waals surface area contributed by atoms with Crippen LogP contribution in [0.5, 0.6) is 0 Å². The maximum absolute atomic E-state index is 11.2. The summed E-state index contributed by atoms with van der Waals surface area (Å²) in [5.74, 6) is -0.750. The lowest BCUT2D eigenvalue weighted by atomic mass is 9.88. The van der Waals surface area contributed by atoms with Crippen LogP contribution in [0.2, 0.25) is 0 Å². The van der Waals surface area contributed by atoms with E-state index in [4.69, 9.17) is 5.26 Å². The largest absolute Gasteiger partial charge is 0.480 e. The minimum Gasteiger partial charge on any atom is -0.480 e. The second-order valence-electron chi connectivity index (χ2n) is 9.32. The lowest BCUT2D eigenvalue weighted by Gasteiger charge is -2.30. The fourth-order valence-corrected chi connectivity index (χ4v) is 4.54. The van der Waals surface area contributed by atoms with Gasteiger partial charge in [-0.3, -0.25) is 4.79 Å². The van der Waals surface area contributed by atoms with Crippen LogP contribution in [0.1, 0.15) is 64.4 Å². The Morgan fingerprint density at radius 1 is 1.24 bits per heavy atom. The van der Waals surface area contributed by atoms with Crippen LogP contribution in [0, 0.1) is 22.7 Å². The van der Waals surface area contributed by atoms with E-state index in [1.54, 1.807) is 6.08 Å². The molecule has 174 valence electrons. The molecular weight excluding hydrogens is 408 g/mol. The summed E-state index contributed by atoms with van der Waals surface area (Å²) in [6.45, 7) is 4.77. The molecule has 0 saturated heterocycles. The van der Waals surface area contributed by atoms with Gasteiger partial charge >= 0.3 is 5.97 Å². The van der Waals surface area contributed by atoms with Crippen LogP contribution in [-0.2, 0) is 11.2 Å². The average Bonchev–Trinajstić information content (AvgIpc) is 2.98. The Balaban J connectivity index is 1.68. The first-order chi connectivity index (χ1) is 16.0. The zero-order valence-electron chi connectivity index (χ0n) is 20.0. The number of nitriles is 1. The van der Waals surface area contributed by atoms with Crippen molar-refractivity contribution in [3.63, 3.8) is 0 Å². The molecule has 33 heavy (non-hydrogen) atoms. The highest BCUT2D eigenvalue weighted by atomic mass is 16.4. The van der Waals surface area contributed by atoms with Crippen LogP contribution >= 0.6 is 0 Å². The maximum atomic E-state index is 11.2. The van der Waals surface area contributed by atoms with E-state index in [0.29, 0.717) is 5.92 Å². The molecule has 0 saturated carbocycles. The van der Waals surface area contributed by atoms with Gasteiger partial charge in [0.15, 0.2) is 5.41 Å². The number of hydrogen-bond donors (Lipinski definition) is 1. The number of aryl methyl sites for hydroxylation is 1. The van der Waals surface area contributed by atoms with E-state index < -0.39 is 11.4 Å². The predicted octanol–water partition coefficient (Wildman–Crippen LogP) is 6.97. The van der Waals surface area contributed by atoms with Gasteiger partial charge in [-0.15, -0.1) is 0 Å². The zero-order chi connectivity index (χ0) is 23.7. The summed E-state index contributed by atoms with van der Waals surface area (Å²) in [5.41, 5.74) is 4.32. The number of unbranched alkanes of at least 4 members (excludes halogenated alkanes) is 3. The molecule has 1 aromatic rings.